The van der Waals surface area contributed by atoms with E-state index in [2.05, 4.69) is 5.32 Å². The van der Waals surface area contributed by atoms with E-state index in [1.165, 1.54) is 16.7 Å². The summed E-state index contributed by atoms with van der Waals surface area (Å²) in [5.74, 6) is -3.02. The number of nitrogens with zero attached hydrogens (tertiary/aromatic N) is 2. The van der Waals surface area contributed by atoms with E-state index in [4.69, 9.17) is 5.73 Å². The van der Waals surface area contributed by atoms with Gasteiger partial charge in [0.05, 0.1) is 18.1 Å². The minimum Gasteiger partial charge on any atom is -0.480 e. The number of aliphatic carboxylic acids is 2. The Bertz CT molecular complexity index is 879. The smallest absolute Gasteiger partial charge is 0.326 e. The lowest BCUT2D eigenvalue weighted by Gasteiger charge is -2.34. The molecule has 5 atom stereocenters. The number of carboxylic acid groups (broad SMARTS) is 2. The lowest BCUT2D eigenvalue weighted by atomic mass is 10.0. The van der Waals surface area contributed by atoms with Crippen molar-refractivity contribution in [3.05, 3.63) is 35.9 Å². The lowest BCUT2D eigenvalue weighted by molar-refractivity contribution is -0.150. The fourth-order valence-electron chi connectivity index (χ4n) is 4.80. The minimum absolute atomic E-state index is 0.320. The topological polar surface area (TPSA) is 153 Å². The van der Waals surface area contributed by atoms with Crippen LogP contribution in [0.25, 0.3) is 0 Å². The fraction of sp³-hybridized carbons (Fsp3) is 0.565. The Morgan fingerprint density at radius 3 is 2.30 bits per heavy atom. The molecule has 10 nitrogen and oxygen atoms in total. The highest BCUT2D eigenvalue weighted by molar-refractivity contribution is 5.88. The maximum Gasteiger partial charge on any atom is 0.326 e. The summed E-state index contributed by atoms with van der Waals surface area (Å²) in [6.45, 7) is 2.24. The van der Waals surface area contributed by atoms with Gasteiger partial charge in [0.1, 0.15) is 12.1 Å². The van der Waals surface area contributed by atoms with Crippen LogP contribution >= 0.6 is 0 Å². The van der Waals surface area contributed by atoms with Crippen molar-refractivity contribution in [1.82, 2.24) is 15.1 Å². The van der Waals surface area contributed by atoms with E-state index >= 15 is 0 Å². The van der Waals surface area contributed by atoms with Crippen molar-refractivity contribution in [3.8, 4) is 0 Å². The third kappa shape index (κ3) is 5.69. The van der Waals surface area contributed by atoms with E-state index in [-0.39, 0.29) is 5.91 Å². The first kappa shape index (κ1) is 24.7. The lowest BCUT2D eigenvalue weighted by Crippen LogP contribution is -2.60. The summed E-state index contributed by atoms with van der Waals surface area (Å²) in [5.41, 5.74) is 7.08. The fourth-order valence-corrected chi connectivity index (χ4v) is 4.80. The average molecular weight is 461 g/mol. The SMILES string of the molecule is C[C@H](N[C@H](C(=O)O)[C@@H]1CCCN1C(=O)[C@@H](N)Cc1ccccc1)C(=O)N1CCC[C@H]1C(=O)O. The van der Waals surface area contributed by atoms with E-state index < -0.39 is 48.1 Å². The monoisotopic (exact) mass is 460 g/mol. The number of carbonyl (C=O) groups is 4. The Kier molecular flexibility index (Phi) is 8.04. The predicted octanol–water partition coefficient (Wildman–Crippen LogP) is 0.0543. The molecule has 0 spiro atoms. The van der Waals surface area contributed by atoms with Crippen molar-refractivity contribution in [3.63, 3.8) is 0 Å². The van der Waals surface area contributed by atoms with E-state index in [9.17, 15) is 29.4 Å². The molecule has 1 aromatic carbocycles. The molecule has 1 aromatic rings. The summed E-state index contributed by atoms with van der Waals surface area (Å²) >= 11 is 0. The summed E-state index contributed by atoms with van der Waals surface area (Å²) in [5, 5.41) is 22.1. The molecule has 5 N–H and O–H groups in total. The second-order valence-corrected chi connectivity index (χ2v) is 8.77. The number of amides is 2. The van der Waals surface area contributed by atoms with E-state index in [0.717, 1.165) is 5.56 Å². The second kappa shape index (κ2) is 10.8. The number of carboxylic acids is 2. The van der Waals surface area contributed by atoms with E-state index in [0.29, 0.717) is 45.2 Å². The Labute approximate surface area is 192 Å². The molecule has 0 aromatic heterocycles. The molecule has 0 unspecified atom stereocenters. The zero-order valence-electron chi connectivity index (χ0n) is 18.7. The highest BCUT2D eigenvalue weighted by Crippen LogP contribution is 2.23. The van der Waals surface area contributed by atoms with Crippen molar-refractivity contribution in [2.24, 2.45) is 5.73 Å². The molecule has 2 heterocycles. The van der Waals surface area contributed by atoms with Gasteiger partial charge in [0.2, 0.25) is 11.8 Å². The molecular formula is C23H32N4O6. The van der Waals surface area contributed by atoms with E-state index in [1.807, 2.05) is 30.3 Å². The Balaban J connectivity index is 1.68. The molecule has 10 heteroatoms. The summed E-state index contributed by atoms with van der Waals surface area (Å²) in [4.78, 5) is 52.3. The summed E-state index contributed by atoms with van der Waals surface area (Å²) in [6.07, 6.45) is 2.41. The Hall–Kier alpha value is -2.98. The van der Waals surface area contributed by atoms with Crippen LogP contribution in [0, 0.1) is 0 Å². The van der Waals surface area contributed by atoms with Gasteiger partial charge in [0.15, 0.2) is 0 Å². The van der Waals surface area contributed by atoms with Crippen LogP contribution in [0.5, 0.6) is 0 Å². The maximum atomic E-state index is 13.1. The van der Waals surface area contributed by atoms with Gasteiger partial charge < -0.3 is 25.7 Å². The second-order valence-electron chi connectivity index (χ2n) is 8.77. The molecule has 2 aliphatic heterocycles. The van der Waals surface area contributed by atoms with Crippen molar-refractivity contribution in [2.75, 3.05) is 13.1 Å². The van der Waals surface area contributed by atoms with Gasteiger partial charge in [-0.3, -0.25) is 19.7 Å². The average Bonchev–Trinajstić information content (AvgIpc) is 3.46. The number of likely N-dealkylation sites (tertiary alicyclic amines) is 2. The van der Waals surface area contributed by atoms with Gasteiger partial charge in [0, 0.05) is 13.1 Å². The van der Waals surface area contributed by atoms with Gasteiger partial charge in [-0.15, -0.1) is 0 Å². The van der Waals surface area contributed by atoms with Gasteiger partial charge in [-0.25, -0.2) is 4.79 Å². The molecule has 0 aliphatic carbocycles. The molecule has 0 saturated carbocycles. The summed E-state index contributed by atoms with van der Waals surface area (Å²) in [7, 11) is 0. The van der Waals surface area contributed by atoms with Crippen LogP contribution in [0.1, 0.15) is 38.2 Å². The number of hydrogen-bond acceptors (Lipinski definition) is 6. The molecular weight excluding hydrogens is 428 g/mol. The molecule has 3 rings (SSSR count). The number of carbonyl (C=O) groups excluding carboxylic acids is 2. The molecule has 0 bridgehead atoms. The molecule has 2 aliphatic rings. The normalized spacial score (nSPS) is 23.2. The van der Waals surface area contributed by atoms with Gasteiger partial charge in [-0.1, -0.05) is 30.3 Å². The highest BCUT2D eigenvalue weighted by Gasteiger charge is 2.42. The first-order chi connectivity index (χ1) is 15.7. The van der Waals surface area contributed by atoms with Crippen LogP contribution < -0.4 is 11.1 Å². The van der Waals surface area contributed by atoms with Gasteiger partial charge in [-0.05, 0) is 44.6 Å². The van der Waals surface area contributed by atoms with Gasteiger partial charge in [-0.2, -0.15) is 0 Å². The van der Waals surface area contributed by atoms with Crippen molar-refractivity contribution in [1.29, 1.82) is 0 Å². The molecule has 180 valence electrons. The maximum absolute atomic E-state index is 13.1. The quantitative estimate of drug-likeness (QED) is 0.403. The van der Waals surface area contributed by atoms with Crippen molar-refractivity contribution < 1.29 is 29.4 Å². The van der Waals surface area contributed by atoms with Gasteiger partial charge >= 0.3 is 11.9 Å². The number of hydrogen-bond donors (Lipinski definition) is 4. The van der Waals surface area contributed by atoms with Crippen LogP contribution in [-0.2, 0) is 25.6 Å². The number of benzene rings is 1. The van der Waals surface area contributed by atoms with Crippen LogP contribution in [0.15, 0.2) is 30.3 Å². The first-order valence-electron chi connectivity index (χ1n) is 11.3. The van der Waals surface area contributed by atoms with Crippen molar-refractivity contribution >= 4 is 23.8 Å². The van der Waals surface area contributed by atoms with Crippen LogP contribution in [0.2, 0.25) is 0 Å². The van der Waals surface area contributed by atoms with E-state index in [1.54, 1.807) is 0 Å². The molecule has 2 amide bonds. The largest absolute Gasteiger partial charge is 0.480 e. The zero-order valence-corrected chi connectivity index (χ0v) is 18.7. The third-order valence-corrected chi connectivity index (χ3v) is 6.47. The number of rotatable bonds is 9. The van der Waals surface area contributed by atoms with Crippen LogP contribution in [-0.4, -0.2) is 87.1 Å². The number of nitrogens with two attached hydrogens (primary N) is 1. The Morgan fingerprint density at radius 2 is 1.67 bits per heavy atom. The van der Waals surface area contributed by atoms with Crippen LogP contribution in [0.3, 0.4) is 0 Å². The van der Waals surface area contributed by atoms with Crippen molar-refractivity contribution in [2.45, 2.75) is 69.2 Å². The summed E-state index contributed by atoms with van der Waals surface area (Å²) in [6, 6.07) is 4.92. The first-order valence-corrected chi connectivity index (χ1v) is 11.3. The molecule has 2 saturated heterocycles. The minimum atomic E-state index is -1.18. The number of nitrogens with one attached hydrogen (secondary N) is 1. The Morgan fingerprint density at radius 1 is 1.03 bits per heavy atom. The highest BCUT2D eigenvalue weighted by atomic mass is 16.4. The molecule has 0 radical (unpaired) electrons. The predicted molar refractivity (Wildman–Crippen MR) is 119 cm³/mol. The summed E-state index contributed by atoms with van der Waals surface area (Å²) < 4.78 is 0. The molecule has 33 heavy (non-hydrogen) atoms. The van der Waals surface area contributed by atoms with Crippen LogP contribution in [0.4, 0.5) is 0 Å². The third-order valence-electron chi connectivity index (χ3n) is 6.47. The zero-order chi connectivity index (χ0) is 24.1. The van der Waals surface area contributed by atoms with Gasteiger partial charge in [0.25, 0.3) is 0 Å². The molecule has 2 fully saturated rings. The standard InChI is InChI=1S/C23H32N4O6/c1-14(20(28)27-12-6-10-18(27)22(30)31)25-19(23(32)33)17-9-5-11-26(17)21(29)16(24)13-15-7-3-2-4-8-15/h2-4,7-8,14,16-19,25H,5-6,9-13,24H2,1H3,(H,30,31)(H,32,33)/t14-,16-,17-,18-,19-/m0/s1.